The number of aliphatic hydroxyl groups is 1. The van der Waals surface area contributed by atoms with Gasteiger partial charge in [-0.3, -0.25) is 0 Å². The van der Waals surface area contributed by atoms with Gasteiger partial charge in [-0.2, -0.15) is 0 Å². The van der Waals surface area contributed by atoms with Crippen LogP contribution in [0, 0.1) is 0 Å². The summed E-state index contributed by atoms with van der Waals surface area (Å²) in [6.07, 6.45) is 6.51. The van der Waals surface area contributed by atoms with Gasteiger partial charge in [-0.1, -0.05) is 81.5 Å². The van der Waals surface area contributed by atoms with Gasteiger partial charge in [0.05, 0.1) is 18.3 Å². The molecule has 0 bridgehead atoms. The standard InChI is InChI=1S/C23H30O3/c1-3-4-5-6-7-10-17-26-23(25)22-12-9-8-11-21(22)20-15-13-19(14-16-20)18(2)24/h8-9,11-16,18,24H,3-7,10,17H2,1-2H3. The normalized spacial score (nSPS) is 12.0. The lowest BCUT2D eigenvalue weighted by atomic mass is 9.98. The number of carbonyl (C=O) groups excluding carboxylic acids is 1. The quantitative estimate of drug-likeness (QED) is 0.425. The Hall–Kier alpha value is -2.13. The van der Waals surface area contributed by atoms with E-state index < -0.39 is 6.10 Å². The lowest BCUT2D eigenvalue weighted by Crippen LogP contribution is -2.08. The first kappa shape index (κ1) is 20.2. The number of unbranched alkanes of at least 4 members (excludes halogenated alkanes) is 5. The number of aliphatic hydroxyl groups excluding tert-OH is 1. The number of esters is 1. The van der Waals surface area contributed by atoms with Crippen LogP contribution in [0.25, 0.3) is 11.1 Å². The summed E-state index contributed by atoms with van der Waals surface area (Å²) in [7, 11) is 0. The Morgan fingerprint density at radius 1 is 0.962 bits per heavy atom. The van der Waals surface area contributed by atoms with Gasteiger partial charge in [0.1, 0.15) is 0 Å². The van der Waals surface area contributed by atoms with Gasteiger partial charge >= 0.3 is 5.97 Å². The van der Waals surface area contributed by atoms with E-state index in [0.717, 1.165) is 29.5 Å². The molecule has 0 aliphatic carbocycles. The third-order valence-corrected chi connectivity index (χ3v) is 4.58. The Balaban J connectivity index is 1.96. The molecule has 26 heavy (non-hydrogen) atoms. The number of carbonyl (C=O) groups is 1. The fourth-order valence-corrected chi connectivity index (χ4v) is 2.98. The highest BCUT2D eigenvalue weighted by molar-refractivity contribution is 5.97. The zero-order valence-electron chi connectivity index (χ0n) is 15.9. The fraction of sp³-hybridized carbons (Fsp3) is 0.435. The van der Waals surface area contributed by atoms with E-state index in [0.29, 0.717) is 12.2 Å². The van der Waals surface area contributed by atoms with E-state index in [-0.39, 0.29) is 5.97 Å². The molecule has 2 rings (SSSR count). The molecule has 2 aromatic rings. The van der Waals surface area contributed by atoms with Crippen molar-refractivity contribution in [2.24, 2.45) is 0 Å². The minimum absolute atomic E-state index is 0.270. The van der Waals surface area contributed by atoms with E-state index in [1.54, 1.807) is 6.92 Å². The van der Waals surface area contributed by atoms with Gasteiger partial charge in [0, 0.05) is 0 Å². The molecule has 140 valence electrons. The maximum Gasteiger partial charge on any atom is 0.338 e. The van der Waals surface area contributed by atoms with Gasteiger partial charge in [0.2, 0.25) is 0 Å². The van der Waals surface area contributed by atoms with Crippen LogP contribution in [0.15, 0.2) is 48.5 Å². The van der Waals surface area contributed by atoms with Gasteiger partial charge in [-0.25, -0.2) is 4.79 Å². The molecule has 3 heteroatoms. The van der Waals surface area contributed by atoms with Crippen LogP contribution < -0.4 is 0 Å². The molecule has 0 heterocycles. The Kier molecular flexibility index (Phi) is 8.36. The molecule has 3 nitrogen and oxygen atoms in total. The monoisotopic (exact) mass is 354 g/mol. The van der Waals surface area contributed by atoms with Crippen LogP contribution in [-0.4, -0.2) is 17.7 Å². The summed E-state index contributed by atoms with van der Waals surface area (Å²) in [5, 5.41) is 9.64. The van der Waals surface area contributed by atoms with Crippen molar-refractivity contribution in [1.82, 2.24) is 0 Å². The molecule has 0 amide bonds. The zero-order valence-corrected chi connectivity index (χ0v) is 15.9. The van der Waals surface area contributed by atoms with E-state index in [4.69, 9.17) is 4.74 Å². The molecule has 0 aliphatic heterocycles. The van der Waals surface area contributed by atoms with Crippen molar-refractivity contribution in [2.75, 3.05) is 6.61 Å². The van der Waals surface area contributed by atoms with Crippen LogP contribution in [0.3, 0.4) is 0 Å². The molecule has 2 aromatic carbocycles. The minimum Gasteiger partial charge on any atom is -0.462 e. The van der Waals surface area contributed by atoms with Crippen molar-refractivity contribution in [3.8, 4) is 11.1 Å². The van der Waals surface area contributed by atoms with E-state index >= 15 is 0 Å². The van der Waals surface area contributed by atoms with Crippen LogP contribution in [-0.2, 0) is 4.74 Å². The summed E-state index contributed by atoms with van der Waals surface area (Å²) in [5.74, 6) is -0.270. The van der Waals surface area contributed by atoms with Crippen molar-refractivity contribution in [2.45, 2.75) is 58.5 Å². The Morgan fingerprint density at radius 3 is 2.31 bits per heavy atom. The van der Waals surface area contributed by atoms with E-state index in [1.165, 1.54) is 25.7 Å². The lowest BCUT2D eigenvalue weighted by Gasteiger charge is -2.11. The first-order valence-corrected chi connectivity index (χ1v) is 9.68. The van der Waals surface area contributed by atoms with Crippen molar-refractivity contribution < 1.29 is 14.6 Å². The second-order valence-electron chi connectivity index (χ2n) is 6.75. The molecular weight excluding hydrogens is 324 g/mol. The molecule has 0 fully saturated rings. The number of ether oxygens (including phenoxy) is 1. The molecule has 0 spiro atoms. The van der Waals surface area contributed by atoms with Crippen LogP contribution >= 0.6 is 0 Å². The number of hydrogen-bond acceptors (Lipinski definition) is 3. The van der Waals surface area contributed by atoms with Gasteiger partial charge < -0.3 is 9.84 Å². The summed E-state index contributed by atoms with van der Waals surface area (Å²) < 4.78 is 5.48. The lowest BCUT2D eigenvalue weighted by molar-refractivity contribution is 0.0498. The second kappa shape index (κ2) is 10.8. The molecular formula is C23H30O3. The largest absolute Gasteiger partial charge is 0.462 e. The van der Waals surface area contributed by atoms with Crippen LogP contribution in [0.5, 0.6) is 0 Å². The highest BCUT2D eigenvalue weighted by Crippen LogP contribution is 2.26. The maximum atomic E-state index is 12.5. The molecule has 1 atom stereocenters. The first-order chi connectivity index (χ1) is 12.6. The van der Waals surface area contributed by atoms with E-state index in [1.807, 2.05) is 48.5 Å². The second-order valence-corrected chi connectivity index (χ2v) is 6.75. The van der Waals surface area contributed by atoms with Crippen LogP contribution in [0.1, 0.15) is 74.4 Å². The van der Waals surface area contributed by atoms with Crippen LogP contribution in [0.4, 0.5) is 0 Å². The maximum absolute atomic E-state index is 12.5. The molecule has 0 aliphatic rings. The number of rotatable bonds is 10. The minimum atomic E-state index is -0.499. The van der Waals surface area contributed by atoms with Crippen molar-refractivity contribution in [3.63, 3.8) is 0 Å². The average molecular weight is 354 g/mol. The molecule has 1 unspecified atom stereocenters. The van der Waals surface area contributed by atoms with E-state index in [2.05, 4.69) is 6.92 Å². The van der Waals surface area contributed by atoms with Gasteiger partial charge in [0.15, 0.2) is 0 Å². The van der Waals surface area contributed by atoms with Crippen molar-refractivity contribution >= 4 is 5.97 Å². The molecule has 0 saturated heterocycles. The summed E-state index contributed by atoms with van der Waals surface area (Å²) in [6, 6.07) is 15.2. The zero-order chi connectivity index (χ0) is 18.8. The van der Waals surface area contributed by atoms with Crippen molar-refractivity contribution in [3.05, 3.63) is 59.7 Å². The summed E-state index contributed by atoms with van der Waals surface area (Å²) in [5.41, 5.74) is 3.25. The topological polar surface area (TPSA) is 46.5 Å². The van der Waals surface area contributed by atoms with Crippen LogP contribution in [0.2, 0.25) is 0 Å². The van der Waals surface area contributed by atoms with Crippen molar-refractivity contribution in [1.29, 1.82) is 0 Å². The molecule has 0 radical (unpaired) electrons. The average Bonchev–Trinajstić information content (AvgIpc) is 2.67. The van der Waals surface area contributed by atoms with Gasteiger partial charge in [0.25, 0.3) is 0 Å². The third kappa shape index (κ3) is 5.99. The first-order valence-electron chi connectivity index (χ1n) is 9.68. The number of hydrogen-bond donors (Lipinski definition) is 1. The Bertz CT molecular complexity index is 674. The third-order valence-electron chi connectivity index (χ3n) is 4.58. The fourth-order valence-electron chi connectivity index (χ4n) is 2.98. The summed E-state index contributed by atoms with van der Waals surface area (Å²) >= 11 is 0. The predicted molar refractivity (Wildman–Crippen MR) is 106 cm³/mol. The Morgan fingerprint density at radius 2 is 1.62 bits per heavy atom. The van der Waals surface area contributed by atoms with Gasteiger partial charge in [-0.15, -0.1) is 0 Å². The molecule has 1 N–H and O–H groups in total. The summed E-state index contributed by atoms with van der Waals surface area (Å²) in [4.78, 5) is 12.5. The highest BCUT2D eigenvalue weighted by Gasteiger charge is 2.14. The molecule has 0 saturated carbocycles. The van der Waals surface area contributed by atoms with Gasteiger partial charge in [-0.05, 0) is 36.1 Å². The van der Waals surface area contributed by atoms with E-state index in [9.17, 15) is 9.90 Å². The summed E-state index contributed by atoms with van der Waals surface area (Å²) in [6.45, 7) is 4.42. The predicted octanol–water partition coefficient (Wildman–Crippen LogP) is 5.92. The SMILES string of the molecule is CCCCCCCCOC(=O)c1ccccc1-c1ccc(C(C)O)cc1. The molecule has 0 aromatic heterocycles. The number of benzene rings is 2. The Labute approximate surface area is 157 Å². The smallest absolute Gasteiger partial charge is 0.338 e. The highest BCUT2D eigenvalue weighted by atomic mass is 16.5.